The summed E-state index contributed by atoms with van der Waals surface area (Å²) in [6.45, 7) is 3.89. The molecule has 1 rings (SSSR count). The van der Waals surface area contributed by atoms with Crippen molar-refractivity contribution in [2.75, 3.05) is 18.5 Å². The Balaban J connectivity index is 2.40. The average molecular weight is 255 g/mol. The lowest BCUT2D eigenvalue weighted by molar-refractivity contribution is -0.145. The fourth-order valence-corrected chi connectivity index (χ4v) is 1.47. The molecule has 0 bridgehead atoms. The fourth-order valence-electron chi connectivity index (χ4n) is 1.47. The number of aliphatic hydroxyl groups excluding tert-OH is 1. The molecule has 0 aliphatic carbocycles. The molecule has 0 aliphatic rings. The predicted octanol–water partition coefficient (Wildman–Crippen LogP) is 1.86. The molecule has 0 aliphatic heterocycles. The molecule has 18 heavy (non-hydrogen) atoms. The maximum absolute atomic E-state index is 13.0. The summed E-state index contributed by atoms with van der Waals surface area (Å²) in [6, 6.07) is 4.58. The summed E-state index contributed by atoms with van der Waals surface area (Å²) < 4.78 is 17.7. The van der Waals surface area contributed by atoms with Gasteiger partial charge in [-0.3, -0.25) is 4.79 Å². The van der Waals surface area contributed by atoms with E-state index in [0.29, 0.717) is 17.9 Å². The number of benzene rings is 1. The third kappa shape index (κ3) is 4.71. The number of anilines is 1. The van der Waals surface area contributed by atoms with Crippen molar-refractivity contribution in [3.63, 3.8) is 0 Å². The van der Waals surface area contributed by atoms with E-state index in [1.807, 2.05) is 0 Å². The van der Waals surface area contributed by atoms with Crippen LogP contribution in [-0.4, -0.2) is 30.3 Å². The summed E-state index contributed by atoms with van der Waals surface area (Å²) in [4.78, 5) is 11.1. The molecule has 0 spiro atoms. The van der Waals surface area contributed by atoms with E-state index in [0.717, 1.165) is 0 Å². The van der Waals surface area contributed by atoms with Crippen LogP contribution in [0.15, 0.2) is 18.2 Å². The quantitative estimate of drug-likeness (QED) is 0.762. The minimum atomic E-state index is -0.825. The van der Waals surface area contributed by atoms with Crippen molar-refractivity contribution in [3.8, 4) is 0 Å². The second kappa shape index (κ2) is 6.96. The number of rotatable bonds is 6. The van der Waals surface area contributed by atoms with Crippen molar-refractivity contribution in [1.29, 1.82) is 0 Å². The van der Waals surface area contributed by atoms with E-state index < -0.39 is 12.1 Å². The highest BCUT2D eigenvalue weighted by molar-refractivity contribution is 5.70. The number of aryl methyl sites for hydroxylation is 1. The molecule has 5 heteroatoms. The Hall–Kier alpha value is -1.62. The van der Waals surface area contributed by atoms with Crippen molar-refractivity contribution in [1.82, 2.24) is 0 Å². The maximum atomic E-state index is 13.0. The second-order valence-electron chi connectivity index (χ2n) is 4.01. The number of esters is 1. The average Bonchev–Trinajstić information content (AvgIpc) is 2.31. The third-order valence-electron chi connectivity index (χ3n) is 2.41. The molecule has 0 saturated heterocycles. The van der Waals surface area contributed by atoms with Gasteiger partial charge in [0.15, 0.2) is 0 Å². The van der Waals surface area contributed by atoms with Gasteiger partial charge in [0, 0.05) is 12.2 Å². The zero-order valence-corrected chi connectivity index (χ0v) is 10.6. The molecule has 0 aromatic heterocycles. The standard InChI is InChI=1S/C13H18FNO3/c1-3-18-13(17)7-11(16)8-15-10-4-5-12(14)9(2)6-10/h4-6,11,15-16H,3,7-8H2,1-2H3. The van der Waals surface area contributed by atoms with Crippen LogP contribution >= 0.6 is 0 Å². The van der Waals surface area contributed by atoms with Gasteiger partial charge in [0.05, 0.1) is 19.1 Å². The topological polar surface area (TPSA) is 58.6 Å². The van der Waals surface area contributed by atoms with E-state index in [4.69, 9.17) is 4.74 Å². The van der Waals surface area contributed by atoms with Gasteiger partial charge in [0.1, 0.15) is 5.82 Å². The molecule has 1 aromatic rings. The Morgan fingerprint density at radius 2 is 2.28 bits per heavy atom. The van der Waals surface area contributed by atoms with E-state index in [9.17, 15) is 14.3 Å². The molecule has 0 saturated carbocycles. The number of ether oxygens (including phenoxy) is 1. The highest BCUT2D eigenvalue weighted by atomic mass is 19.1. The van der Waals surface area contributed by atoms with Crippen LogP contribution in [0.5, 0.6) is 0 Å². The van der Waals surface area contributed by atoms with E-state index >= 15 is 0 Å². The van der Waals surface area contributed by atoms with E-state index in [2.05, 4.69) is 5.32 Å². The van der Waals surface area contributed by atoms with Gasteiger partial charge in [-0.25, -0.2) is 4.39 Å². The molecule has 1 aromatic carbocycles. The number of carbonyl (C=O) groups excluding carboxylic acids is 1. The van der Waals surface area contributed by atoms with Gasteiger partial charge < -0.3 is 15.2 Å². The van der Waals surface area contributed by atoms with Crippen LogP contribution in [0.2, 0.25) is 0 Å². The SMILES string of the molecule is CCOC(=O)CC(O)CNc1ccc(F)c(C)c1. The van der Waals surface area contributed by atoms with Crippen LogP contribution < -0.4 is 5.32 Å². The first-order chi connectivity index (χ1) is 8.52. The Morgan fingerprint density at radius 3 is 2.89 bits per heavy atom. The van der Waals surface area contributed by atoms with E-state index in [1.54, 1.807) is 26.0 Å². The lowest BCUT2D eigenvalue weighted by Crippen LogP contribution is -2.23. The van der Waals surface area contributed by atoms with Crippen LogP contribution in [0.1, 0.15) is 18.9 Å². The van der Waals surface area contributed by atoms with Gasteiger partial charge in [-0.1, -0.05) is 0 Å². The van der Waals surface area contributed by atoms with Gasteiger partial charge in [-0.15, -0.1) is 0 Å². The Kier molecular flexibility index (Phi) is 5.58. The fraction of sp³-hybridized carbons (Fsp3) is 0.462. The summed E-state index contributed by atoms with van der Waals surface area (Å²) in [5.74, 6) is -0.699. The number of nitrogens with one attached hydrogen (secondary N) is 1. The summed E-state index contributed by atoms with van der Waals surface area (Å²) in [5.41, 5.74) is 1.23. The van der Waals surface area contributed by atoms with Crippen LogP contribution in [0.4, 0.5) is 10.1 Å². The number of aliphatic hydroxyl groups is 1. The first kappa shape index (κ1) is 14.4. The highest BCUT2D eigenvalue weighted by Crippen LogP contribution is 2.13. The first-order valence-corrected chi connectivity index (χ1v) is 5.86. The minimum Gasteiger partial charge on any atom is -0.466 e. The Morgan fingerprint density at radius 1 is 1.56 bits per heavy atom. The van der Waals surface area contributed by atoms with Crippen LogP contribution in [0.25, 0.3) is 0 Å². The molecule has 0 radical (unpaired) electrons. The normalized spacial score (nSPS) is 12.0. The molecule has 1 unspecified atom stereocenters. The first-order valence-electron chi connectivity index (χ1n) is 5.86. The number of carbonyl (C=O) groups is 1. The lowest BCUT2D eigenvalue weighted by Gasteiger charge is -2.12. The van der Waals surface area contributed by atoms with Crippen LogP contribution in [0.3, 0.4) is 0 Å². The Labute approximate surface area is 106 Å². The Bertz CT molecular complexity index is 409. The minimum absolute atomic E-state index is 0.0545. The molecular formula is C13H18FNO3. The zero-order chi connectivity index (χ0) is 13.5. The van der Waals surface area contributed by atoms with Crippen molar-refractivity contribution >= 4 is 11.7 Å². The summed E-state index contributed by atoms with van der Waals surface area (Å²) in [7, 11) is 0. The summed E-state index contributed by atoms with van der Waals surface area (Å²) in [5, 5.41) is 12.5. The lowest BCUT2D eigenvalue weighted by atomic mass is 10.2. The molecule has 0 fully saturated rings. The summed E-state index contributed by atoms with van der Waals surface area (Å²) in [6.07, 6.45) is -0.879. The molecule has 2 N–H and O–H groups in total. The zero-order valence-electron chi connectivity index (χ0n) is 10.6. The van der Waals surface area contributed by atoms with Crippen molar-refractivity contribution in [2.45, 2.75) is 26.4 Å². The predicted molar refractivity (Wildman–Crippen MR) is 66.9 cm³/mol. The molecule has 1 atom stereocenters. The molecule has 0 amide bonds. The monoisotopic (exact) mass is 255 g/mol. The van der Waals surface area contributed by atoms with Gasteiger partial charge in [0.25, 0.3) is 0 Å². The largest absolute Gasteiger partial charge is 0.466 e. The summed E-state index contributed by atoms with van der Waals surface area (Å²) >= 11 is 0. The third-order valence-corrected chi connectivity index (χ3v) is 2.41. The molecular weight excluding hydrogens is 237 g/mol. The number of hydrogen-bond donors (Lipinski definition) is 2. The number of halogens is 1. The van der Waals surface area contributed by atoms with Gasteiger partial charge in [-0.2, -0.15) is 0 Å². The molecule has 4 nitrogen and oxygen atoms in total. The van der Waals surface area contributed by atoms with Gasteiger partial charge in [0.2, 0.25) is 0 Å². The molecule has 0 heterocycles. The van der Waals surface area contributed by atoms with Crippen LogP contribution in [0, 0.1) is 12.7 Å². The van der Waals surface area contributed by atoms with Crippen LogP contribution in [-0.2, 0) is 9.53 Å². The van der Waals surface area contributed by atoms with E-state index in [-0.39, 0.29) is 18.8 Å². The van der Waals surface area contributed by atoms with Crippen molar-refractivity contribution < 1.29 is 19.0 Å². The maximum Gasteiger partial charge on any atom is 0.308 e. The van der Waals surface area contributed by atoms with Crippen molar-refractivity contribution in [3.05, 3.63) is 29.6 Å². The molecule has 100 valence electrons. The smallest absolute Gasteiger partial charge is 0.308 e. The van der Waals surface area contributed by atoms with Crippen molar-refractivity contribution in [2.24, 2.45) is 0 Å². The van der Waals surface area contributed by atoms with E-state index in [1.165, 1.54) is 6.07 Å². The highest BCUT2D eigenvalue weighted by Gasteiger charge is 2.11. The van der Waals surface area contributed by atoms with Gasteiger partial charge in [-0.05, 0) is 37.6 Å². The second-order valence-corrected chi connectivity index (χ2v) is 4.01. The number of hydrogen-bond acceptors (Lipinski definition) is 4. The van der Waals surface area contributed by atoms with Gasteiger partial charge >= 0.3 is 5.97 Å².